The summed E-state index contributed by atoms with van der Waals surface area (Å²) in [5, 5.41) is 0. The van der Waals surface area contributed by atoms with Crippen molar-refractivity contribution >= 4 is 5.96 Å². The minimum Gasteiger partial charge on any atom is -0.370 e. The third-order valence-corrected chi connectivity index (χ3v) is 3.32. The van der Waals surface area contributed by atoms with Crippen LogP contribution in [0.3, 0.4) is 0 Å². The van der Waals surface area contributed by atoms with Gasteiger partial charge in [-0.05, 0) is 30.4 Å². The molecule has 2 N–H and O–H groups in total. The van der Waals surface area contributed by atoms with Crippen LogP contribution in [0, 0.1) is 5.92 Å². The molecule has 1 atom stereocenters. The fraction of sp³-hybridized carbons (Fsp3) is 0.500. The molecular formula is C12H16N4. The van der Waals surface area contributed by atoms with Crippen molar-refractivity contribution in [3.05, 3.63) is 30.1 Å². The number of pyridine rings is 1. The number of aromatic nitrogens is 1. The largest absolute Gasteiger partial charge is 0.370 e. The van der Waals surface area contributed by atoms with Gasteiger partial charge in [-0.2, -0.15) is 0 Å². The topological polar surface area (TPSA) is 54.5 Å². The third kappa shape index (κ3) is 1.75. The van der Waals surface area contributed by atoms with E-state index in [0.29, 0.717) is 12.0 Å². The van der Waals surface area contributed by atoms with Crippen LogP contribution in [0.4, 0.5) is 0 Å². The van der Waals surface area contributed by atoms with Crippen LogP contribution in [-0.4, -0.2) is 28.9 Å². The molecule has 2 heterocycles. The van der Waals surface area contributed by atoms with Gasteiger partial charge < -0.3 is 10.6 Å². The van der Waals surface area contributed by atoms with E-state index < -0.39 is 0 Å². The number of hydrogen-bond acceptors (Lipinski definition) is 4. The summed E-state index contributed by atoms with van der Waals surface area (Å²) in [5.74, 6) is 1.52. The lowest BCUT2D eigenvalue weighted by Gasteiger charge is -2.26. The van der Waals surface area contributed by atoms with Gasteiger partial charge >= 0.3 is 0 Å². The molecule has 1 aliphatic heterocycles. The van der Waals surface area contributed by atoms with E-state index in [1.807, 2.05) is 12.3 Å². The lowest BCUT2D eigenvalue weighted by molar-refractivity contribution is 0.333. The second kappa shape index (κ2) is 3.77. The maximum absolute atomic E-state index is 5.94. The van der Waals surface area contributed by atoms with Crippen LogP contribution in [0.1, 0.15) is 24.4 Å². The van der Waals surface area contributed by atoms with Gasteiger partial charge in [-0.3, -0.25) is 9.98 Å². The molecule has 1 aliphatic carbocycles. The molecule has 4 heteroatoms. The number of aliphatic imine (C=N–C) groups is 1. The lowest BCUT2D eigenvalue weighted by atomic mass is 10.1. The van der Waals surface area contributed by atoms with E-state index >= 15 is 0 Å². The Kier molecular flexibility index (Phi) is 2.27. The zero-order chi connectivity index (χ0) is 11.0. The molecule has 0 spiro atoms. The van der Waals surface area contributed by atoms with E-state index in [4.69, 9.17) is 5.73 Å². The molecule has 3 rings (SSSR count). The standard InChI is InChI=1S/C12H16N4/c13-12-15-7-11(10-2-1-5-14-6-10)16(12)8-9-3-4-9/h1-2,5-6,9,11H,3-4,7-8H2,(H2,13,15). The zero-order valence-electron chi connectivity index (χ0n) is 9.21. The van der Waals surface area contributed by atoms with Gasteiger partial charge in [-0.1, -0.05) is 6.07 Å². The minimum absolute atomic E-state index is 0.300. The molecule has 1 aromatic rings. The molecule has 0 saturated heterocycles. The third-order valence-electron chi connectivity index (χ3n) is 3.32. The maximum Gasteiger partial charge on any atom is 0.191 e. The molecule has 0 bridgehead atoms. The zero-order valence-corrected chi connectivity index (χ0v) is 9.21. The van der Waals surface area contributed by atoms with E-state index in [2.05, 4.69) is 20.9 Å². The highest BCUT2D eigenvalue weighted by molar-refractivity contribution is 5.80. The van der Waals surface area contributed by atoms with Gasteiger partial charge in [0.2, 0.25) is 0 Å². The summed E-state index contributed by atoms with van der Waals surface area (Å²) in [4.78, 5) is 10.7. The number of rotatable bonds is 3. The van der Waals surface area contributed by atoms with Crippen molar-refractivity contribution in [3.63, 3.8) is 0 Å². The Bertz CT molecular complexity index is 397. The number of nitrogens with zero attached hydrogens (tertiary/aromatic N) is 3. The summed E-state index contributed by atoms with van der Waals surface area (Å²) >= 11 is 0. The van der Waals surface area contributed by atoms with E-state index in [1.54, 1.807) is 6.20 Å². The van der Waals surface area contributed by atoms with Crippen molar-refractivity contribution in [2.24, 2.45) is 16.6 Å². The predicted molar refractivity (Wildman–Crippen MR) is 62.9 cm³/mol. The van der Waals surface area contributed by atoms with Crippen LogP contribution < -0.4 is 5.73 Å². The summed E-state index contributed by atoms with van der Waals surface area (Å²) in [6.45, 7) is 1.82. The van der Waals surface area contributed by atoms with Crippen LogP contribution in [0.5, 0.6) is 0 Å². The number of hydrogen-bond donors (Lipinski definition) is 1. The highest BCUT2D eigenvalue weighted by Crippen LogP contribution is 2.34. The monoisotopic (exact) mass is 216 g/mol. The second-order valence-electron chi connectivity index (χ2n) is 4.60. The summed E-state index contributed by atoms with van der Waals surface area (Å²) in [7, 11) is 0. The Morgan fingerprint density at radius 3 is 3.00 bits per heavy atom. The average Bonchev–Trinajstić information content (AvgIpc) is 3.06. The molecule has 1 saturated carbocycles. The Morgan fingerprint density at radius 2 is 2.31 bits per heavy atom. The summed E-state index contributed by atoms with van der Waals surface area (Å²) in [5.41, 5.74) is 7.15. The fourth-order valence-electron chi connectivity index (χ4n) is 2.19. The minimum atomic E-state index is 0.300. The maximum atomic E-state index is 5.94. The normalized spacial score (nSPS) is 24.6. The van der Waals surface area contributed by atoms with Gasteiger partial charge in [-0.25, -0.2) is 0 Å². The molecule has 0 radical (unpaired) electrons. The van der Waals surface area contributed by atoms with Crippen molar-refractivity contribution in [1.82, 2.24) is 9.88 Å². The van der Waals surface area contributed by atoms with Gasteiger partial charge in [0.05, 0.1) is 12.6 Å². The Balaban J connectivity index is 1.79. The Hall–Kier alpha value is -1.58. The molecule has 1 aromatic heterocycles. The highest BCUT2D eigenvalue weighted by Gasteiger charge is 2.32. The lowest BCUT2D eigenvalue weighted by Crippen LogP contribution is -2.37. The average molecular weight is 216 g/mol. The van der Waals surface area contributed by atoms with Crippen molar-refractivity contribution in [2.45, 2.75) is 18.9 Å². The molecule has 0 aromatic carbocycles. The first-order valence-electron chi connectivity index (χ1n) is 5.81. The van der Waals surface area contributed by atoms with Gasteiger partial charge in [0.15, 0.2) is 5.96 Å². The Morgan fingerprint density at radius 1 is 1.44 bits per heavy atom. The SMILES string of the molecule is NC1=NCC(c2cccnc2)N1CC1CC1. The van der Waals surface area contributed by atoms with Crippen LogP contribution in [0.15, 0.2) is 29.5 Å². The molecule has 84 valence electrons. The number of nitrogens with two attached hydrogens (primary N) is 1. The van der Waals surface area contributed by atoms with Gasteiger partial charge in [0.25, 0.3) is 0 Å². The van der Waals surface area contributed by atoms with Crippen molar-refractivity contribution in [1.29, 1.82) is 0 Å². The van der Waals surface area contributed by atoms with E-state index in [-0.39, 0.29) is 0 Å². The molecule has 4 nitrogen and oxygen atoms in total. The van der Waals surface area contributed by atoms with Crippen molar-refractivity contribution < 1.29 is 0 Å². The van der Waals surface area contributed by atoms with E-state index in [9.17, 15) is 0 Å². The van der Waals surface area contributed by atoms with Gasteiger partial charge in [0.1, 0.15) is 0 Å². The molecule has 2 aliphatic rings. The van der Waals surface area contributed by atoms with E-state index in [1.165, 1.54) is 18.4 Å². The quantitative estimate of drug-likeness (QED) is 0.825. The van der Waals surface area contributed by atoms with Crippen LogP contribution >= 0.6 is 0 Å². The molecule has 0 amide bonds. The fourth-order valence-corrected chi connectivity index (χ4v) is 2.19. The first-order valence-corrected chi connectivity index (χ1v) is 5.81. The van der Waals surface area contributed by atoms with Crippen molar-refractivity contribution in [2.75, 3.05) is 13.1 Å². The summed E-state index contributed by atoms with van der Waals surface area (Å²) < 4.78 is 0. The second-order valence-corrected chi connectivity index (χ2v) is 4.60. The summed E-state index contributed by atoms with van der Waals surface area (Å²) in [6, 6.07) is 4.37. The molecule has 1 fully saturated rings. The Labute approximate surface area is 95.2 Å². The van der Waals surface area contributed by atoms with Crippen LogP contribution in [0.25, 0.3) is 0 Å². The molecule has 16 heavy (non-hydrogen) atoms. The van der Waals surface area contributed by atoms with Gasteiger partial charge in [0, 0.05) is 18.9 Å². The van der Waals surface area contributed by atoms with Gasteiger partial charge in [-0.15, -0.1) is 0 Å². The first kappa shape index (κ1) is 9.63. The molecular weight excluding hydrogens is 200 g/mol. The van der Waals surface area contributed by atoms with Crippen molar-refractivity contribution in [3.8, 4) is 0 Å². The predicted octanol–water partition coefficient (Wildman–Crippen LogP) is 1.16. The highest BCUT2D eigenvalue weighted by atomic mass is 15.3. The van der Waals surface area contributed by atoms with Crippen LogP contribution in [0.2, 0.25) is 0 Å². The number of guanidine groups is 1. The smallest absolute Gasteiger partial charge is 0.191 e. The summed E-state index contributed by atoms with van der Waals surface area (Å²) in [6.07, 6.45) is 6.39. The molecule has 1 unspecified atom stereocenters. The van der Waals surface area contributed by atoms with E-state index in [0.717, 1.165) is 19.0 Å². The first-order chi connectivity index (χ1) is 7.84. The van der Waals surface area contributed by atoms with Crippen LogP contribution in [-0.2, 0) is 0 Å².